The molecule has 2 aromatic carbocycles. The molecule has 1 heterocycles. The molecule has 0 N–H and O–H groups in total. The molecule has 3 rings (SSSR count). The highest BCUT2D eigenvalue weighted by atomic mass is 16.5. The van der Waals surface area contributed by atoms with Gasteiger partial charge in [-0.25, -0.2) is 0 Å². The molecule has 1 saturated heterocycles. The maximum absolute atomic E-state index is 12.5. The van der Waals surface area contributed by atoms with Crippen molar-refractivity contribution in [1.82, 2.24) is 4.90 Å². The zero-order chi connectivity index (χ0) is 19.2. The lowest BCUT2D eigenvalue weighted by Crippen LogP contribution is -2.41. The van der Waals surface area contributed by atoms with Crippen molar-refractivity contribution in [2.75, 3.05) is 13.1 Å². The van der Waals surface area contributed by atoms with Crippen LogP contribution in [0.4, 0.5) is 0 Å². The predicted molar refractivity (Wildman–Crippen MR) is 110 cm³/mol. The zero-order valence-corrected chi connectivity index (χ0v) is 16.8. The fraction of sp³-hybridized carbons (Fsp3) is 0.458. The predicted octanol–water partition coefficient (Wildman–Crippen LogP) is 4.87. The van der Waals surface area contributed by atoms with Crippen LogP contribution in [0.2, 0.25) is 0 Å². The van der Waals surface area contributed by atoms with Crippen molar-refractivity contribution >= 4 is 5.91 Å². The molecule has 1 aliphatic heterocycles. The molecule has 1 amide bonds. The first-order valence-corrected chi connectivity index (χ1v) is 10.1. The van der Waals surface area contributed by atoms with E-state index in [1.54, 1.807) is 0 Å². The molecule has 3 nitrogen and oxygen atoms in total. The van der Waals surface area contributed by atoms with Crippen molar-refractivity contribution < 1.29 is 9.53 Å². The van der Waals surface area contributed by atoms with Crippen LogP contribution in [-0.4, -0.2) is 30.0 Å². The molecule has 0 aliphatic carbocycles. The molecule has 144 valence electrons. The Morgan fingerprint density at radius 1 is 1.04 bits per heavy atom. The van der Waals surface area contributed by atoms with E-state index in [0.717, 1.165) is 44.5 Å². The minimum Gasteiger partial charge on any atom is -0.490 e. The summed E-state index contributed by atoms with van der Waals surface area (Å²) in [6.45, 7) is 7.92. The van der Waals surface area contributed by atoms with Gasteiger partial charge in [0.25, 0.3) is 0 Å². The third-order valence-electron chi connectivity index (χ3n) is 5.49. The Morgan fingerprint density at radius 2 is 1.70 bits per heavy atom. The number of rotatable bonds is 6. The van der Waals surface area contributed by atoms with Gasteiger partial charge in [-0.1, -0.05) is 43.3 Å². The topological polar surface area (TPSA) is 29.5 Å². The van der Waals surface area contributed by atoms with Gasteiger partial charge in [0.1, 0.15) is 11.9 Å². The smallest absolute Gasteiger partial charge is 0.222 e. The second kappa shape index (κ2) is 9.07. The number of amides is 1. The van der Waals surface area contributed by atoms with E-state index in [0.29, 0.717) is 6.42 Å². The second-order valence-electron chi connectivity index (χ2n) is 7.64. The van der Waals surface area contributed by atoms with Gasteiger partial charge in [-0.05, 0) is 55.0 Å². The first-order chi connectivity index (χ1) is 13.0. The highest BCUT2D eigenvalue weighted by molar-refractivity contribution is 5.76. The molecule has 0 bridgehead atoms. The van der Waals surface area contributed by atoms with E-state index in [2.05, 4.69) is 63.2 Å². The average molecular weight is 366 g/mol. The molecule has 27 heavy (non-hydrogen) atoms. The van der Waals surface area contributed by atoms with Crippen molar-refractivity contribution in [3.63, 3.8) is 0 Å². The lowest BCUT2D eigenvalue weighted by atomic mass is 10.0. The molecular formula is C24H31NO2. The molecular weight excluding hydrogens is 334 g/mol. The number of ether oxygens (including phenoxy) is 1. The van der Waals surface area contributed by atoms with Crippen molar-refractivity contribution in [1.29, 1.82) is 0 Å². The molecule has 0 unspecified atom stereocenters. The van der Waals surface area contributed by atoms with Gasteiger partial charge in [-0.15, -0.1) is 0 Å². The maximum atomic E-state index is 12.5. The first-order valence-electron chi connectivity index (χ1n) is 10.1. The third kappa shape index (κ3) is 5.35. The fourth-order valence-electron chi connectivity index (χ4n) is 3.59. The molecule has 0 spiro atoms. The fourth-order valence-corrected chi connectivity index (χ4v) is 3.59. The number of hydrogen-bond acceptors (Lipinski definition) is 2. The lowest BCUT2D eigenvalue weighted by molar-refractivity contribution is -0.132. The Bertz CT molecular complexity index is 758. The van der Waals surface area contributed by atoms with E-state index in [1.807, 2.05) is 4.90 Å². The Morgan fingerprint density at radius 3 is 2.37 bits per heavy atom. The van der Waals surface area contributed by atoms with E-state index < -0.39 is 0 Å². The van der Waals surface area contributed by atoms with Crippen LogP contribution in [-0.2, 0) is 17.6 Å². The van der Waals surface area contributed by atoms with Crippen molar-refractivity contribution in [3.8, 4) is 5.75 Å². The number of carbonyl (C=O) groups excluding carboxylic acids is 1. The standard InChI is InChI=1S/C24H31NO2/c1-4-20-7-9-21(10-8-20)11-12-24(26)25-15-13-22(14-16-25)27-23-17-18(2)5-6-19(23)3/h5-10,17,22H,4,11-16H2,1-3H3. The molecule has 0 radical (unpaired) electrons. The number of carbonyl (C=O) groups is 1. The van der Waals surface area contributed by atoms with E-state index in [4.69, 9.17) is 4.74 Å². The Hall–Kier alpha value is -2.29. The van der Waals surface area contributed by atoms with E-state index in [1.165, 1.54) is 22.3 Å². The van der Waals surface area contributed by atoms with Gasteiger partial charge in [0.15, 0.2) is 0 Å². The summed E-state index contributed by atoms with van der Waals surface area (Å²) in [5.74, 6) is 1.25. The molecule has 3 heteroatoms. The minimum absolute atomic E-state index is 0.205. The van der Waals surface area contributed by atoms with Gasteiger partial charge in [-0.3, -0.25) is 4.79 Å². The lowest BCUT2D eigenvalue weighted by Gasteiger charge is -2.32. The third-order valence-corrected chi connectivity index (χ3v) is 5.49. The summed E-state index contributed by atoms with van der Waals surface area (Å²) < 4.78 is 6.21. The van der Waals surface area contributed by atoms with E-state index >= 15 is 0 Å². The summed E-state index contributed by atoms with van der Waals surface area (Å²) in [6, 6.07) is 14.9. The second-order valence-corrected chi connectivity index (χ2v) is 7.64. The number of nitrogens with zero attached hydrogens (tertiary/aromatic N) is 1. The first kappa shape index (κ1) is 19.5. The van der Waals surface area contributed by atoms with Crippen LogP contribution >= 0.6 is 0 Å². The minimum atomic E-state index is 0.205. The molecule has 0 atom stereocenters. The number of hydrogen-bond donors (Lipinski definition) is 0. The Labute approximate surface area is 163 Å². The highest BCUT2D eigenvalue weighted by Gasteiger charge is 2.24. The molecule has 2 aromatic rings. The van der Waals surface area contributed by atoms with E-state index in [9.17, 15) is 4.79 Å². The molecule has 1 fully saturated rings. The summed E-state index contributed by atoms with van der Waals surface area (Å²) in [7, 11) is 0. The summed E-state index contributed by atoms with van der Waals surface area (Å²) in [5.41, 5.74) is 4.98. The number of aryl methyl sites for hydroxylation is 4. The van der Waals surface area contributed by atoms with Crippen molar-refractivity contribution in [2.24, 2.45) is 0 Å². The van der Waals surface area contributed by atoms with Crippen LogP contribution in [0, 0.1) is 13.8 Å². The molecule has 1 aliphatic rings. The van der Waals surface area contributed by atoms with Gasteiger partial charge in [0.2, 0.25) is 5.91 Å². The largest absolute Gasteiger partial charge is 0.490 e. The van der Waals surface area contributed by atoms with Gasteiger partial charge >= 0.3 is 0 Å². The quantitative estimate of drug-likeness (QED) is 0.731. The van der Waals surface area contributed by atoms with Gasteiger partial charge < -0.3 is 9.64 Å². The zero-order valence-electron chi connectivity index (χ0n) is 16.8. The Kier molecular flexibility index (Phi) is 6.54. The number of piperidine rings is 1. The summed E-state index contributed by atoms with van der Waals surface area (Å²) in [5, 5.41) is 0. The van der Waals surface area contributed by atoms with Crippen LogP contribution in [0.3, 0.4) is 0 Å². The SMILES string of the molecule is CCc1ccc(CCC(=O)N2CCC(Oc3cc(C)ccc3C)CC2)cc1. The normalized spacial score (nSPS) is 15.0. The van der Waals surface area contributed by atoms with Crippen LogP contribution < -0.4 is 4.74 Å². The van der Waals surface area contributed by atoms with Gasteiger partial charge in [-0.2, -0.15) is 0 Å². The maximum Gasteiger partial charge on any atom is 0.222 e. The summed E-state index contributed by atoms with van der Waals surface area (Å²) >= 11 is 0. The number of likely N-dealkylation sites (tertiary alicyclic amines) is 1. The Balaban J connectivity index is 1.45. The van der Waals surface area contributed by atoms with E-state index in [-0.39, 0.29) is 12.0 Å². The summed E-state index contributed by atoms with van der Waals surface area (Å²) in [6.07, 6.45) is 4.49. The van der Waals surface area contributed by atoms with Crippen LogP contribution in [0.5, 0.6) is 5.75 Å². The van der Waals surface area contributed by atoms with Gasteiger partial charge in [0.05, 0.1) is 0 Å². The molecule has 0 saturated carbocycles. The van der Waals surface area contributed by atoms with Crippen LogP contribution in [0.25, 0.3) is 0 Å². The van der Waals surface area contributed by atoms with Crippen LogP contribution in [0.15, 0.2) is 42.5 Å². The van der Waals surface area contributed by atoms with Crippen LogP contribution in [0.1, 0.15) is 48.4 Å². The van der Waals surface area contributed by atoms with Crippen molar-refractivity contribution in [3.05, 3.63) is 64.7 Å². The molecule has 0 aromatic heterocycles. The highest BCUT2D eigenvalue weighted by Crippen LogP contribution is 2.24. The van der Waals surface area contributed by atoms with Gasteiger partial charge in [0, 0.05) is 32.4 Å². The average Bonchev–Trinajstić information content (AvgIpc) is 2.70. The number of benzene rings is 2. The monoisotopic (exact) mass is 365 g/mol. The van der Waals surface area contributed by atoms with Crippen molar-refractivity contribution in [2.45, 2.75) is 59.0 Å². The summed E-state index contributed by atoms with van der Waals surface area (Å²) in [4.78, 5) is 14.5.